The third-order valence-electron chi connectivity index (χ3n) is 4.11. The Morgan fingerprint density at radius 2 is 1.87 bits per heavy atom. The van der Waals surface area contributed by atoms with Crippen LogP contribution in [0, 0.1) is 0 Å². The third kappa shape index (κ3) is 4.59. The lowest BCUT2D eigenvalue weighted by atomic mass is 10.1. The van der Waals surface area contributed by atoms with Crippen molar-refractivity contribution in [3.63, 3.8) is 0 Å². The van der Waals surface area contributed by atoms with Crippen molar-refractivity contribution in [2.24, 2.45) is 0 Å². The maximum absolute atomic E-state index is 12.9. The van der Waals surface area contributed by atoms with E-state index in [4.69, 9.17) is 26.2 Å². The van der Waals surface area contributed by atoms with Crippen LogP contribution in [-0.2, 0) is 14.4 Å². The van der Waals surface area contributed by atoms with Gasteiger partial charge in [-0.2, -0.15) is 0 Å². The number of urea groups is 1. The molecule has 4 amide bonds. The van der Waals surface area contributed by atoms with Crippen LogP contribution in [0.1, 0.15) is 5.56 Å². The molecule has 1 fully saturated rings. The fourth-order valence-corrected chi connectivity index (χ4v) is 3.03. The highest BCUT2D eigenvalue weighted by atomic mass is 35.5. The number of barbiturate groups is 1. The molecule has 10 nitrogen and oxygen atoms in total. The molecule has 0 saturated carbocycles. The second kappa shape index (κ2) is 8.76. The maximum Gasteiger partial charge on any atom is 0.341 e. The van der Waals surface area contributed by atoms with Gasteiger partial charge in [-0.1, -0.05) is 11.6 Å². The van der Waals surface area contributed by atoms with E-state index < -0.39 is 30.4 Å². The van der Waals surface area contributed by atoms with Crippen LogP contribution in [-0.4, -0.2) is 47.7 Å². The Morgan fingerprint density at radius 1 is 1.19 bits per heavy atom. The van der Waals surface area contributed by atoms with Gasteiger partial charge in [-0.25, -0.2) is 14.5 Å². The Hall–Kier alpha value is -4.05. The number of halogens is 1. The summed E-state index contributed by atoms with van der Waals surface area (Å²) in [6.45, 7) is -0.652. The number of amides is 4. The van der Waals surface area contributed by atoms with Crippen LogP contribution >= 0.6 is 11.6 Å². The number of phenolic OH excluding ortho intramolecular Hbond substituents is 1. The topological polar surface area (TPSA) is 142 Å². The van der Waals surface area contributed by atoms with Crippen molar-refractivity contribution in [3.05, 3.63) is 52.6 Å². The number of aromatic hydroxyl groups is 1. The minimum absolute atomic E-state index is 0.0115. The molecule has 0 bridgehead atoms. The second-order valence-electron chi connectivity index (χ2n) is 6.19. The predicted octanol–water partition coefficient (Wildman–Crippen LogP) is 2.18. The van der Waals surface area contributed by atoms with Gasteiger partial charge >= 0.3 is 12.0 Å². The number of methoxy groups -OCH3 is 1. The first kappa shape index (κ1) is 21.7. The highest BCUT2D eigenvalue weighted by molar-refractivity contribution is 6.39. The summed E-state index contributed by atoms with van der Waals surface area (Å²) in [6, 6.07) is 7.05. The van der Waals surface area contributed by atoms with Gasteiger partial charge < -0.3 is 19.7 Å². The molecular weight excluding hydrogens is 432 g/mol. The third-order valence-corrected chi connectivity index (χ3v) is 4.39. The first-order valence-electron chi connectivity index (χ1n) is 8.64. The van der Waals surface area contributed by atoms with Crippen molar-refractivity contribution in [2.75, 3.05) is 18.6 Å². The average Bonchev–Trinajstić information content (AvgIpc) is 2.71. The molecule has 0 aliphatic carbocycles. The number of nitrogens with zero attached hydrogens (tertiary/aromatic N) is 1. The van der Waals surface area contributed by atoms with Gasteiger partial charge in [0.1, 0.15) is 11.3 Å². The molecule has 0 radical (unpaired) electrons. The molecule has 0 unspecified atom stereocenters. The largest absolute Gasteiger partial charge is 0.508 e. The smallest absolute Gasteiger partial charge is 0.341 e. The van der Waals surface area contributed by atoms with E-state index in [9.17, 15) is 24.3 Å². The number of phenols is 1. The number of imide groups is 2. The average molecular weight is 447 g/mol. The van der Waals surface area contributed by atoms with Gasteiger partial charge in [-0.3, -0.25) is 14.9 Å². The first-order chi connectivity index (χ1) is 14.7. The number of aliphatic carboxylic acids is 1. The molecule has 1 aliphatic heterocycles. The SMILES string of the molecule is COc1cc(/C=C2\C(=O)NC(=O)N(c3ccc(O)cc3)C2=O)cc(Cl)c1OCC(=O)O. The summed E-state index contributed by atoms with van der Waals surface area (Å²) < 4.78 is 10.3. The summed E-state index contributed by atoms with van der Waals surface area (Å²) in [4.78, 5) is 48.9. The monoisotopic (exact) mass is 446 g/mol. The molecule has 3 rings (SSSR count). The minimum atomic E-state index is -1.22. The van der Waals surface area contributed by atoms with Crippen LogP contribution in [0.25, 0.3) is 6.08 Å². The molecule has 11 heteroatoms. The van der Waals surface area contributed by atoms with Gasteiger partial charge in [-0.05, 0) is 48.0 Å². The lowest BCUT2D eigenvalue weighted by molar-refractivity contribution is -0.139. The van der Waals surface area contributed by atoms with Crippen molar-refractivity contribution in [3.8, 4) is 17.2 Å². The molecule has 3 N–H and O–H groups in total. The number of hydrogen-bond acceptors (Lipinski definition) is 7. The van der Waals surface area contributed by atoms with Gasteiger partial charge in [0.05, 0.1) is 17.8 Å². The Balaban J connectivity index is 1.99. The molecule has 0 spiro atoms. The normalized spacial score (nSPS) is 15.1. The highest BCUT2D eigenvalue weighted by Crippen LogP contribution is 2.37. The molecule has 2 aromatic rings. The Kier molecular flexibility index (Phi) is 6.12. The Morgan fingerprint density at radius 3 is 2.48 bits per heavy atom. The summed E-state index contributed by atoms with van der Waals surface area (Å²) in [5.41, 5.74) is 0.0553. The van der Waals surface area contributed by atoms with Gasteiger partial charge in [0.25, 0.3) is 11.8 Å². The number of rotatable bonds is 6. The number of carboxylic acid groups (broad SMARTS) is 1. The van der Waals surface area contributed by atoms with E-state index >= 15 is 0 Å². The quantitative estimate of drug-likeness (QED) is 0.452. The number of anilines is 1. The van der Waals surface area contributed by atoms with Gasteiger partial charge in [0.2, 0.25) is 0 Å². The van der Waals surface area contributed by atoms with E-state index in [2.05, 4.69) is 5.32 Å². The summed E-state index contributed by atoms with van der Waals surface area (Å²) in [5.74, 6) is -3.02. The van der Waals surface area contributed by atoms with Crippen LogP contribution in [0.2, 0.25) is 5.02 Å². The fraction of sp³-hybridized carbons (Fsp3) is 0.100. The van der Waals surface area contributed by atoms with E-state index in [1.165, 1.54) is 49.6 Å². The standard InChI is InChI=1S/C20H15ClN2O8/c1-30-15-8-10(7-14(21)17(15)31-9-16(25)26)6-13-18(27)22-20(29)23(19(13)28)11-2-4-12(24)5-3-11/h2-8,24H,9H2,1H3,(H,25,26)(H,22,27,29)/b13-6+. The van der Waals surface area contributed by atoms with E-state index in [0.29, 0.717) is 0 Å². The number of nitrogens with one attached hydrogen (secondary N) is 1. The van der Waals surface area contributed by atoms with Crippen LogP contribution in [0.4, 0.5) is 10.5 Å². The zero-order valence-electron chi connectivity index (χ0n) is 15.9. The summed E-state index contributed by atoms with van der Waals surface area (Å²) in [7, 11) is 1.31. The molecular formula is C20H15ClN2O8. The van der Waals surface area contributed by atoms with Gasteiger partial charge in [-0.15, -0.1) is 0 Å². The highest BCUT2D eigenvalue weighted by Gasteiger charge is 2.36. The predicted molar refractivity (Wildman–Crippen MR) is 108 cm³/mol. The summed E-state index contributed by atoms with van der Waals surface area (Å²) >= 11 is 6.15. The molecule has 1 aliphatic rings. The lowest BCUT2D eigenvalue weighted by Crippen LogP contribution is -2.54. The number of benzene rings is 2. The molecule has 0 aromatic heterocycles. The van der Waals surface area contributed by atoms with Gasteiger partial charge in [0.15, 0.2) is 18.1 Å². The van der Waals surface area contributed by atoms with Crippen molar-refractivity contribution < 1.29 is 38.9 Å². The zero-order valence-corrected chi connectivity index (χ0v) is 16.7. The molecule has 1 heterocycles. The molecule has 2 aromatic carbocycles. The fourth-order valence-electron chi connectivity index (χ4n) is 2.76. The van der Waals surface area contributed by atoms with Crippen LogP contribution in [0.3, 0.4) is 0 Å². The first-order valence-corrected chi connectivity index (χ1v) is 9.01. The number of carboxylic acids is 1. The van der Waals surface area contributed by atoms with E-state index in [-0.39, 0.29) is 39.1 Å². The lowest BCUT2D eigenvalue weighted by Gasteiger charge is -2.26. The molecule has 1 saturated heterocycles. The summed E-state index contributed by atoms with van der Waals surface area (Å²) in [6.07, 6.45) is 1.20. The van der Waals surface area contributed by atoms with Gasteiger partial charge in [0, 0.05) is 0 Å². The van der Waals surface area contributed by atoms with Crippen LogP contribution < -0.4 is 19.7 Å². The molecule has 31 heavy (non-hydrogen) atoms. The molecule has 160 valence electrons. The van der Waals surface area contributed by atoms with E-state index in [0.717, 1.165) is 4.90 Å². The number of carbonyl (C=O) groups is 4. The maximum atomic E-state index is 12.9. The number of hydrogen-bond donors (Lipinski definition) is 3. The van der Waals surface area contributed by atoms with Crippen molar-refractivity contribution >= 4 is 47.2 Å². The van der Waals surface area contributed by atoms with E-state index in [1.54, 1.807) is 0 Å². The number of ether oxygens (including phenoxy) is 2. The Bertz CT molecular complexity index is 1110. The van der Waals surface area contributed by atoms with Crippen LogP contribution in [0.5, 0.6) is 17.2 Å². The van der Waals surface area contributed by atoms with Crippen molar-refractivity contribution in [1.82, 2.24) is 5.32 Å². The molecule has 0 atom stereocenters. The zero-order chi connectivity index (χ0) is 22.7. The Labute approximate surface area is 180 Å². The van der Waals surface area contributed by atoms with Crippen molar-refractivity contribution in [1.29, 1.82) is 0 Å². The second-order valence-corrected chi connectivity index (χ2v) is 6.60. The number of carbonyl (C=O) groups excluding carboxylic acids is 3. The van der Waals surface area contributed by atoms with E-state index in [1.807, 2.05) is 0 Å². The van der Waals surface area contributed by atoms with Crippen LogP contribution in [0.15, 0.2) is 42.0 Å². The van der Waals surface area contributed by atoms with Crippen molar-refractivity contribution in [2.45, 2.75) is 0 Å². The minimum Gasteiger partial charge on any atom is -0.508 e. The summed E-state index contributed by atoms with van der Waals surface area (Å²) in [5, 5.41) is 20.2.